The smallest absolute Gasteiger partial charge is 0.303 e. The molecule has 244 valence electrons. The molecule has 3 atom stereocenters. The first-order valence-corrected chi connectivity index (χ1v) is 18.7. The molecule has 1 saturated heterocycles. The van der Waals surface area contributed by atoms with Gasteiger partial charge in [-0.1, -0.05) is 54.4 Å². The van der Waals surface area contributed by atoms with Crippen LogP contribution in [0.1, 0.15) is 45.9 Å². The van der Waals surface area contributed by atoms with Crippen LogP contribution in [-0.4, -0.2) is 47.7 Å². The van der Waals surface area contributed by atoms with Crippen molar-refractivity contribution < 1.29 is 35.2 Å². The van der Waals surface area contributed by atoms with Gasteiger partial charge < -0.3 is 13.8 Å². The lowest BCUT2D eigenvalue weighted by molar-refractivity contribution is -0.674. The number of aromatic nitrogens is 2. The SMILES string of the molecule is CCC(=Cc1n(CC)c2cc(Cl)c(Cl)cc2[n+]1CCC(C)S(=O)(=O)[O-])C=C1Oc2ccc3ccccc3c2[N+]12CCC2S(=O)(=O)[O-]. The fourth-order valence-electron chi connectivity index (χ4n) is 6.64. The standard InChI is InChI=1S/C32H33Cl2N3O7S2/c1-4-21(16-29-35(5-2)26-18-24(33)25(34)19-27(26)36(29)14-12-20(3)45(38,39)40)17-30-37(15-13-31(37)46(41,42)43)32-23-9-7-6-8-22(23)10-11-28(32)44-30/h6-11,16-20,31H,4-5,12-15H2,1-3H3. The largest absolute Gasteiger partial charge is 0.748 e. The lowest BCUT2D eigenvalue weighted by Gasteiger charge is -2.48. The minimum atomic E-state index is -4.70. The summed E-state index contributed by atoms with van der Waals surface area (Å²) in [5.41, 5.74) is 2.90. The Morgan fingerprint density at radius 3 is 2.46 bits per heavy atom. The second-order valence-corrected chi connectivity index (χ2v) is 15.9. The van der Waals surface area contributed by atoms with Crippen molar-refractivity contribution in [3.05, 3.63) is 81.9 Å². The molecule has 46 heavy (non-hydrogen) atoms. The summed E-state index contributed by atoms with van der Waals surface area (Å²) in [6.07, 6.45) is 4.51. The highest BCUT2D eigenvalue weighted by atomic mass is 35.5. The predicted octanol–water partition coefficient (Wildman–Crippen LogP) is 6.04. The molecule has 2 aliphatic rings. The van der Waals surface area contributed by atoms with Gasteiger partial charge in [-0.2, -0.15) is 0 Å². The van der Waals surface area contributed by atoms with E-state index in [1.54, 1.807) is 18.2 Å². The molecule has 0 radical (unpaired) electrons. The van der Waals surface area contributed by atoms with Crippen LogP contribution in [0.5, 0.6) is 5.75 Å². The Bertz CT molecular complexity index is 2180. The molecule has 14 heteroatoms. The number of ether oxygens (including phenoxy) is 1. The molecule has 4 aromatic rings. The van der Waals surface area contributed by atoms with E-state index in [1.807, 2.05) is 65.5 Å². The van der Waals surface area contributed by atoms with E-state index in [1.165, 1.54) is 6.92 Å². The molecule has 3 aromatic carbocycles. The number of rotatable bonds is 9. The maximum absolute atomic E-state index is 12.6. The Kier molecular flexibility index (Phi) is 8.54. The molecule has 0 bridgehead atoms. The zero-order chi connectivity index (χ0) is 33.2. The van der Waals surface area contributed by atoms with Crippen LogP contribution in [-0.2, 0) is 33.3 Å². The average molecular weight is 707 g/mol. The second kappa shape index (κ2) is 11.9. The van der Waals surface area contributed by atoms with Gasteiger partial charge in [-0.05, 0) is 43.4 Å². The number of hydrogen-bond acceptors (Lipinski definition) is 7. The third-order valence-corrected chi connectivity index (χ3v) is 12.4. The zero-order valence-corrected chi connectivity index (χ0v) is 28.6. The van der Waals surface area contributed by atoms with Gasteiger partial charge in [-0.15, -0.1) is 0 Å². The fraction of sp³-hybridized carbons (Fsp3) is 0.344. The summed E-state index contributed by atoms with van der Waals surface area (Å²) in [4.78, 5) is 0. The second-order valence-electron chi connectivity index (χ2n) is 11.7. The lowest BCUT2D eigenvalue weighted by atomic mass is 10.0. The summed E-state index contributed by atoms with van der Waals surface area (Å²) >= 11 is 12.8. The van der Waals surface area contributed by atoms with Gasteiger partial charge in [0, 0.05) is 36.1 Å². The van der Waals surface area contributed by atoms with Crippen LogP contribution >= 0.6 is 23.2 Å². The van der Waals surface area contributed by atoms with Gasteiger partial charge in [0.05, 0.1) is 51.5 Å². The van der Waals surface area contributed by atoms with Crippen molar-refractivity contribution in [1.82, 2.24) is 9.05 Å². The van der Waals surface area contributed by atoms with Gasteiger partial charge in [0.15, 0.2) is 38.0 Å². The number of nitrogens with zero attached hydrogens (tertiary/aromatic N) is 3. The molecule has 2 aliphatic heterocycles. The number of benzene rings is 3. The lowest BCUT2D eigenvalue weighted by Crippen LogP contribution is -2.67. The number of imidazole rings is 1. The summed E-state index contributed by atoms with van der Waals surface area (Å²) in [5, 5.41) is 0.0521. The van der Waals surface area contributed by atoms with Crippen molar-refractivity contribution in [3.8, 4) is 5.75 Å². The zero-order valence-electron chi connectivity index (χ0n) is 25.4. The molecule has 3 unspecified atom stereocenters. The van der Waals surface area contributed by atoms with Gasteiger partial charge in [-0.3, -0.25) is 0 Å². The van der Waals surface area contributed by atoms with Crippen molar-refractivity contribution in [1.29, 1.82) is 0 Å². The topological polar surface area (TPSA) is 132 Å². The van der Waals surface area contributed by atoms with Crippen molar-refractivity contribution in [2.45, 2.75) is 63.7 Å². The molecule has 1 fully saturated rings. The molecular weight excluding hydrogens is 673 g/mol. The number of fused-ring (bicyclic) bond motifs is 5. The Morgan fingerprint density at radius 1 is 1.11 bits per heavy atom. The van der Waals surface area contributed by atoms with Gasteiger partial charge in [0.2, 0.25) is 0 Å². The van der Waals surface area contributed by atoms with E-state index in [-0.39, 0.29) is 23.9 Å². The number of quaternary nitrogens is 1. The van der Waals surface area contributed by atoms with Crippen LogP contribution in [0.4, 0.5) is 5.69 Å². The number of allylic oxidation sites excluding steroid dienone is 2. The summed E-state index contributed by atoms with van der Waals surface area (Å²) in [6.45, 7) is 6.41. The first-order chi connectivity index (χ1) is 21.7. The van der Waals surface area contributed by atoms with Crippen LogP contribution in [0.2, 0.25) is 10.0 Å². The fourth-order valence-corrected chi connectivity index (χ4v) is 8.50. The molecule has 1 aromatic heterocycles. The Hall–Kier alpha value is -2.97. The summed E-state index contributed by atoms with van der Waals surface area (Å²) in [5.74, 6) is 1.55. The highest BCUT2D eigenvalue weighted by molar-refractivity contribution is 7.86. The Labute approximate surface area is 278 Å². The Balaban J connectivity index is 1.55. The maximum atomic E-state index is 12.6. The highest BCUT2D eigenvalue weighted by Crippen LogP contribution is 2.56. The molecule has 0 amide bonds. The minimum absolute atomic E-state index is 0.0670. The molecular formula is C32H33Cl2N3O7S2. The monoisotopic (exact) mass is 705 g/mol. The molecule has 3 heterocycles. The van der Waals surface area contributed by atoms with Gasteiger partial charge in [0.1, 0.15) is 0 Å². The third kappa shape index (κ3) is 5.43. The van der Waals surface area contributed by atoms with Crippen molar-refractivity contribution in [2.24, 2.45) is 0 Å². The van der Waals surface area contributed by atoms with Crippen molar-refractivity contribution in [2.75, 3.05) is 6.54 Å². The molecule has 6 rings (SSSR count). The summed E-state index contributed by atoms with van der Waals surface area (Å²) < 4.78 is 83.2. The van der Waals surface area contributed by atoms with E-state index >= 15 is 0 Å². The number of aryl methyl sites for hydroxylation is 2. The van der Waals surface area contributed by atoms with E-state index in [9.17, 15) is 25.9 Å². The van der Waals surface area contributed by atoms with Crippen LogP contribution in [0.3, 0.4) is 0 Å². The number of halogens is 2. The molecule has 0 N–H and O–H groups in total. The summed E-state index contributed by atoms with van der Waals surface area (Å²) in [6, 6.07) is 14.8. The van der Waals surface area contributed by atoms with Crippen LogP contribution in [0.25, 0.3) is 27.9 Å². The van der Waals surface area contributed by atoms with E-state index in [4.69, 9.17) is 27.9 Å². The van der Waals surface area contributed by atoms with E-state index < -0.39 is 30.9 Å². The first-order valence-electron chi connectivity index (χ1n) is 15.0. The predicted molar refractivity (Wildman–Crippen MR) is 177 cm³/mol. The first kappa shape index (κ1) is 33.0. The molecule has 1 spiro atoms. The molecule has 0 saturated carbocycles. The normalized spacial score (nSPS) is 21.6. The third-order valence-electron chi connectivity index (χ3n) is 9.18. The van der Waals surface area contributed by atoms with Crippen molar-refractivity contribution in [3.63, 3.8) is 0 Å². The molecule has 0 aliphatic carbocycles. The van der Waals surface area contributed by atoms with Crippen LogP contribution in [0, 0.1) is 0 Å². The van der Waals surface area contributed by atoms with Gasteiger partial charge in [0.25, 0.3) is 5.82 Å². The van der Waals surface area contributed by atoms with Crippen LogP contribution in [0.15, 0.2) is 66.1 Å². The van der Waals surface area contributed by atoms with E-state index in [0.29, 0.717) is 58.2 Å². The van der Waals surface area contributed by atoms with E-state index in [2.05, 4.69) is 0 Å². The van der Waals surface area contributed by atoms with Crippen molar-refractivity contribution >= 4 is 77.0 Å². The highest BCUT2D eigenvalue weighted by Gasteiger charge is 2.61. The average Bonchev–Trinajstić information content (AvgIpc) is 3.46. The minimum Gasteiger partial charge on any atom is -0.748 e. The molecule has 10 nitrogen and oxygen atoms in total. The Morgan fingerprint density at radius 2 is 1.83 bits per heavy atom. The summed E-state index contributed by atoms with van der Waals surface area (Å²) in [7, 11) is -9.20. The number of hydrogen-bond donors (Lipinski definition) is 0. The van der Waals surface area contributed by atoms with E-state index in [0.717, 1.165) is 21.9 Å². The quantitative estimate of drug-likeness (QED) is 0.118. The van der Waals surface area contributed by atoms with Gasteiger partial charge in [-0.25, -0.2) is 30.5 Å². The van der Waals surface area contributed by atoms with Crippen LogP contribution < -0.4 is 13.8 Å². The van der Waals surface area contributed by atoms with Gasteiger partial charge >= 0.3 is 5.88 Å². The maximum Gasteiger partial charge on any atom is 0.303 e.